The molecule has 4 unspecified atom stereocenters. The van der Waals surface area contributed by atoms with Crippen LogP contribution in [0.3, 0.4) is 0 Å². The summed E-state index contributed by atoms with van der Waals surface area (Å²) < 4.78 is 0. The molecule has 0 aromatic heterocycles. The highest BCUT2D eigenvalue weighted by Crippen LogP contribution is 2.08. The van der Waals surface area contributed by atoms with Crippen LogP contribution in [0.1, 0.15) is 45.1 Å². The molecule has 0 saturated heterocycles. The zero-order valence-electron chi connectivity index (χ0n) is 19.4. The van der Waals surface area contributed by atoms with Gasteiger partial charge in [-0.2, -0.15) is 0 Å². The Balaban J connectivity index is 2.76. The summed E-state index contributed by atoms with van der Waals surface area (Å²) >= 11 is 0. The molecule has 0 spiro atoms. The molecule has 0 heterocycles. The smallest absolute Gasteiger partial charge is 0.326 e. The standard InChI is InChI=1S/C23H37N5O5/c1-3-15(2)20(25)22(31)28-18(13-16-9-5-4-6-10-16)21(30)26-14-19(29)27-17(23(32)33)11-7-8-12-24/h4-6,9-10,15,17-18,20H,3,7-8,11-14,24-25H2,1-2H3,(H,26,30)(H,27,29)(H,28,31)(H,32,33). The molecule has 1 aromatic carbocycles. The van der Waals surface area contributed by atoms with Gasteiger partial charge in [0.1, 0.15) is 12.1 Å². The van der Waals surface area contributed by atoms with Crippen LogP contribution in [-0.4, -0.2) is 60.0 Å². The van der Waals surface area contributed by atoms with Crippen molar-refractivity contribution in [2.45, 2.75) is 64.1 Å². The number of nitrogens with two attached hydrogens (primary N) is 2. The van der Waals surface area contributed by atoms with Gasteiger partial charge in [0.15, 0.2) is 0 Å². The van der Waals surface area contributed by atoms with Crippen LogP contribution >= 0.6 is 0 Å². The van der Waals surface area contributed by atoms with Crippen molar-refractivity contribution in [1.29, 1.82) is 0 Å². The van der Waals surface area contributed by atoms with Crippen molar-refractivity contribution in [1.82, 2.24) is 16.0 Å². The fraction of sp³-hybridized carbons (Fsp3) is 0.565. The molecule has 33 heavy (non-hydrogen) atoms. The first-order chi connectivity index (χ1) is 15.7. The van der Waals surface area contributed by atoms with Gasteiger partial charge >= 0.3 is 5.97 Å². The van der Waals surface area contributed by atoms with E-state index in [1.165, 1.54) is 0 Å². The highest BCUT2D eigenvalue weighted by atomic mass is 16.4. The van der Waals surface area contributed by atoms with Crippen LogP contribution in [0.25, 0.3) is 0 Å². The Morgan fingerprint density at radius 1 is 1.00 bits per heavy atom. The van der Waals surface area contributed by atoms with Crippen molar-refractivity contribution in [2.24, 2.45) is 17.4 Å². The molecule has 8 N–H and O–H groups in total. The third-order valence-corrected chi connectivity index (χ3v) is 5.48. The number of carbonyl (C=O) groups excluding carboxylic acids is 3. The van der Waals surface area contributed by atoms with Gasteiger partial charge in [0.2, 0.25) is 17.7 Å². The molecule has 10 nitrogen and oxygen atoms in total. The Bertz CT molecular complexity index is 774. The third-order valence-electron chi connectivity index (χ3n) is 5.48. The van der Waals surface area contributed by atoms with Crippen molar-refractivity contribution >= 4 is 23.7 Å². The van der Waals surface area contributed by atoms with E-state index in [4.69, 9.17) is 11.5 Å². The van der Waals surface area contributed by atoms with E-state index in [0.717, 1.165) is 5.56 Å². The predicted molar refractivity (Wildman–Crippen MR) is 125 cm³/mol. The van der Waals surface area contributed by atoms with Crippen LogP contribution < -0.4 is 27.4 Å². The Morgan fingerprint density at radius 3 is 2.24 bits per heavy atom. The lowest BCUT2D eigenvalue weighted by Crippen LogP contribution is -2.55. The molecular formula is C23H37N5O5. The zero-order chi connectivity index (χ0) is 24.8. The fourth-order valence-corrected chi connectivity index (χ4v) is 3.13. The van der Waals surface area contributed by atoms with Crippen LogP contribution in [0.15, 0.2) is 30.3 Å². The minimum atomic E-state index is -1.15. The molecule has 184 valence electrons. The SMILES string of the molecule is CCC(C)C(N)C(=O)NC(Cc1ccccc1)C(=O)NCC(=O)NC(CCCCN)C(=O)O. The molecule has 0 saturated carbocycles. The van der Waals surface area contributed by atoms with Gasteiger partial charge in [-0.3, -0.25) is 14.4 Å². The Labute approximate surface area is 194 Å². The largest absolute Gasteiger partial charge is 0.480 e. The van der Waals surface area contributed by atoms with Crippen LogP contribution in [0.4, 0.5) is 0 Å². The van der Waals surface area contributed by atoms with Crippen LogP contribution in [-0.2, 0) is 25.6 Å². The lowest BCUT2D eigenvalue weighted by molar-refractivity contribution is -0.142. The molecule has 1 rings (SSSR count). The van der Waals surface area contributed by atoms with Gasteiger partial charge in [0.25, 0.3) is 0 Å². The number of benzene rings is 1. The molecule has 4 atom stereocenters. The second-order valence-corrected chi connectivity index (χ2v) is 8.12. The number of carboxylic acid groups (broad SMARTS) is 1. The van der Waals surface area contributed by atoms with Crippen LogP contribution in [0.5, 0.6) is 0 Å². The number of amides is 3. The van der Waals surface area contributed by atoms with E-state index in [9.17, 15) is 24.3 Å². The number of rotatable bonds is 15. The number of hydrogen-bond acceptors (Lipinski definition) is 6. The summed E-state index contributed by atoms with van der Waals surface area (Å²) in [5, 5.41) is 16.8. The average molecular weight is 464 g/mol. The number of nitrogens with one attached hydrogen (secondary N) is 3. The number of unbranched alkanes of at least 4 members (excludes halogenated alkanes) is 1. The van der Waals surface area contributed by atoms with Crippen molar-refractivity contribution < 1.29 is 24.3 Å². The van der Waals surface area contributed by atoms with Gasteiger partial charge in [-0.1, -0.05) is 50.6 Å². The monoisotopic (exact) mass is 463 g/mol. The lowest BCUT2D eigenvalue weighted by Gasteiger charge is -2.23. The summed E-state index contributed by atoms with van der Waals surface area (Å²) in [7, 11) is 0. The van der Waals surface area contributed by atoms with E-state index in [-0.39, 0.29) is 18.8 Å². The summed E-state index contributed by atoms with van der Waals surface area (Å²) in [4.78, 5) is 48.9. The maximum absolute atomic E-state index is 12.8. The van der Waals surface area contributed by atoms with Gasteiger partial charge in [-0.25, -0.2) is 4.79 Å². The molecule has 0 aliphatic carbocycles. The first kappa shape index (κ1) is 28.1. The van der Waals surface area contributed by atoms with E-state index >= 15 is 0 Å². The second kappa shape index (κ2) is 15.0. The zero-order valence-corrected chi connectivity index (χ0v) is 19.4. The van der Waals surface area contributed by atoms with Gasteiger partial charge in [-0.05, 0) is 37.3 Å². The first-order valence-corrected chi connectivity index (χ1v) is 11.3. The second-order valence-electron chi connectivity index (χ2n) is 8.12. The highest BCUT2D eigenvalue weighted by molar-refractivity contribution is 5.92. The summed E-state index contributed by atoms with van der Waals surface area (Å²) in [6.45, 7) is 3.79. The Kier molecular flexibility index (Phi) is 12.7. The van der Waals surface area contributed by atoms with Crippen LogP contribution in [0, 0.1) is 5.92 Å². The van der Waals surface area contributed by atoms with E-state index in [1.54, 1.807) is 0 Å². The maximum Gasteiger partial charge on any atom is 0.326 e. The van der Waals surface area contributed by atoms with E-state index < -0.39 is 48.4 Å². The number of hydrogen-bond donors (Lipinski definition) is 6. The number of aliphatic carboxylic acids is 1. The molecule has 3 amide bonds. The minimum Gasteiger partial charge on any atom is -0.480 e. The van der Waals surface area contributed by atoms with Crippen LogP contribution in [0.2, 0.25) is 0 Å². The summed E-state index contributed by atoms with van der Waals surface area (Å²) in [5.74, 6) is -2.86. The molecular weight excluding hydrogens is 426 g/mol. The number of carbonyl (C=O) groups is 4. The highest BCUT2D eigenvalue weighted by Gasteiger charge is 2.27. The van der Waals surface area contributed by atoms with Crippen molar-refractivity contribution in [3.05, 3.63) is 35.9 Å². The molecule has 0 radical (unpaired) electrons. The fourth-order valence-electron chi connectivity index (χ4n) is 3.13. The Morgan fingerprint density at radius 2 is 1.67 bits per heavy atom. The topological polar surface area (TPSA) is 177 Å². The van der Waals surface area contributed by atoms with E-state index in [0.29, 0.717) is 25.8 Å². The van der Waals surface area contributed by atoms with Gasteiger partial charge in [0, 0.05) is 6.42 Å². The van der Waals surface area contributed by atoms with Crippen molar-refractivity contribution in [3.8, 4) is 0 Å². The third kappa shape index (κ3) is 10.5. The average Bonchev–Trinajstić information content (AvgIpc) is 2.80. The molecule has 0 aliphatic rings. The molecule has 1 aromatic rings. The summed E-state index contributed by atoms with van der Waals surface area (Å²) in [6, 6.07) is 6.36. The van der Waals surface area contributed by atoms with Gasteiger partial charge in [0.05, 0.1) is 12.6 Å². The minimum absolute atomic E-state index is 0.0663. The van der Waals surface area contributed by atoms with Crippen molar-refractivity contribution in [2.75, 3.05) is 13.1 Å². The summed E-state index contributed by atoms with van der Waals surface area (Å²) in [6.07, 6.45) is 2.37. The van der Waals surface area contributed by atoms with Gasteiger partial charge in [-0.15, -0.1) is 0 Å². The van der Waals surface area contributed by atoms with Crippen molar-refractivity contribution in [3.63, 3.8) is 0 Å². The van der Waals surface area contributed by atoms with E-state index in [1.807, 2.05) is 44.2 Å². The van der Waals surface area contributed by atoms with Gasteiger partial charge < -0.3 is 32.5 Å². The predicted octanol–water partition coefficient (Wildman–Crippen LogP) is -0.0981. The lowest BCUT2D eigenvalue weighted by atomic mass is 9.98. The number of carboxylic acids is 1. The molecule has 10 heteroatoms. The molecule has 0 fully saturated rings. The quantitative estimate of drug-likeness (QED) is 0.197. The molecule has 0 aliphatic heterocycles. The summed E-state index contributed by atoms with van der Waals surface area (Å²) in [5.41, 5.74) is 12.2. The maximum atomic E-state index is 12.8. The van der Waals surface area contributed by atoms with E-state index in [2.05, 4.69) is 16.0 Å². The molecule has 0 bridgehead atoms. The normalized spacial score (nSPS) is 14.4. The Hall–Kier alpha value is -2.98. The first-order valence-electron chi connectivity index (χ1n) is 11.3.